The number of hydrogen-bond acceptors (Lipinski definition) is 3. The number of nitro groups is 1. The zero-order chi connectivity index (χ0) is 17.3. The smallest absolute Gasteiger partial charge is 0.294 e. The third kappa shape index (κ3) is 3.31. The summed E-state index contributed by atoms with van der Waals surface area (Å²) < 4.78 is 13.5. The monoisotopic (exact) mass is 392 g/mol. The van der Waals surface area contributed by atoms with Gasteiger partial charge in [0.2, 0.25) is 5.91 Å². The molecule has 2 aromatic rings. The van der Waals surface area contributed by atoms with Crippen molar-refractivity contribution in [1.82, 2.24) is 0 Å². The van der Waals surface area contributed by atoms with Crippen molar-refractivity contribution >= 4 is 33.2 Å². The minimum Gasteiger partial charge on any atom is -0.306 e. The lowest BCUT2D eigenvalue weighted by molar-refractivity contribution is -0.384. The van der Waals surface area contributed by atoms with Crippen LogP contribution >= 0.6 is 15.9 Å². The number of aryl methyl sites for hydroxylation is 1. The van der Waals surface area contributed by atoms with Crippen molar-refractivity contribution in [2.45, 2.75) is 19.3 Å². The zero-order valence-electron chi connectivity index (χ0n) is 12.7. The Kier molecular flexibility index (Phi) is 4.62. The van der Waals surface area contributed by atoms with Crippen molar-refractivity contribution in [3.63, 3.8) is 0 Å². The van der Waals surface area contributed by atoms with Gasteiger partial charge >= 0.3 is 0 Å². The maximum Gasteiger partial charge on any atom is 0.294 e. The minimum atomic E-state index is -0.463. The van der Waals surface area contributed by atoms with E-state index in [0.29, 0.717) is 29.5 Å². The summed E-state index contributed by atoms with van der Waals surface area (Å²) in [7, 11) is 0. The van der Waals surface area contributed by atoms with Gasteiger partial charge in [-0.2, -0.15) is 0 Å². The Balaban J connectivity index is 1.79. The van der Waals surface area contributed by atoms with E-state index in [9.17, 15) is 19.3 Å². The molecule has 24 heavy (non-hydrogen) atoms. The van der Waals surface area contributed by atoms with Crippen LogP contribution in [0.15, 0.2) is 40.9 Å². The van der Waals surface area contributed by atoms with Crippen LogP contribution in [0.25, 0.3) is 0 Å². The maximum absolute atomic E-state index is 12.9. The zero-order valence-corrected chi connectivity index (χ0v) is 14.3. The Bertz CT molecular complexity index is 808. The van der Waals surface area contributed by atoms with Crippen molar-refractivity contribution in [2.24, 2.45) is 0 Å². The number of carbonyl (C=O) groups is 1. The summed E-state index contributed by atoms with van der Waals surface area (Å²) in [5.41, 5.74) is 1.99. The van der Waals surface area contributed by atoms with Gasteiger partial charge < -0.3 is 4.90 Å². The van der Waals surface area contributed by atoms with Crippen molar-refractivity contribution in [3.8, 4) is 0 Å². The summed E-state index contributed by atoms with van der Waals surface area (Å²) in [4.78, 5) is 24.9. The van der Waals surface area contributed by atoms with Gasteiger partial charge in [0.25, 0.3) is 5.69 Å². The highest BCUT2D eigenvalue weighted by Crippen LogP contribution is 2.39. The van der Waals surface area contributed by atoms with E-state index in [1.807, 2.05) is 6.07 Å². The molecule has 1 aliphatic heterocycles. The fourth-order valence-electron chi connectivity index (χ4n) is 2.91. The van der Waals surface area contributed by atoms with Gasteiger partial charge in [-0.15, -0.1) is 0 Å². The lowest BCUT2D eigenvalue weighted by atomic mass is 10.1. The molecule has 1 amide bonds. The van der Waals surface area contributed by atoms with E-state index in [1.165, 1.54) is 23.1 Å². The molecule has 0 fully saturated rings. The summed E-state index contributed by atoms with van der Waals surface area (Å²) in [6.07, 6.45) is 1.28. The fourth-order valence-corrected chi connectivity index (χ4v) is 3.41. The molecule has 0 saturated heterocycles. The van der Waals surface area contributed by atoms with Crippen LogP contribution in [0.5, 0.6) is 0 Å². The quantitative estimate of drug-likeness (QED) is 0.582. The van der Waals surface area contributed by atoms with Crippen molar-refractivity contribution in [3.05, 3.63) is 67.9 Å². The highest BCUT2D eigenvalue weighted by atomic mass is 79.9. The van der Waals surface area contributed by atoms with Gasteiger partial charge in [0, 0.05) is 23.5 Å². The summed E-state index contributed by atoms with van der Waals surface area (Å²) in [6, 6.07) is 9.22. The standard InChI is InChI=1S/C17H14BrFN2O3/c18-13-9-12-7-8-20(17(12)15(10-13)21(23)24)16(22)6-3-11-1-4-14(19)5-2-11/h1-2,4-5,9-10H,3,6-8H2. The molecule has 0 aromatic heterocycles. The number of anilines is 1. The Labute approximate surface area is 146 Å². The van der Waals surface area contributed by atoms with E-state index >= 15 is 0 Å². The second-order valence-corrected chi connectivity index (χ2v) is 6.53. The predicted molar refractivity (Wildman–Crippen MR) is 91.6 cm³/mol. The molecule has 5 nitrogen and oxygen atoms in total. The van der Waals surface area contributed by atoms with Crippen LogP contribution in [-0.2, 0) is 17.6 Å². The molecule has 0 atom stereocenters. The van der Waals surface area contributed by atoms with Crippen LogP contribution in [-0.4, -0.2) is 17.4 Å². The first-order valence-electron chi connectivity index (χ1n) is 7.47. The van der Waals surface area contributed by atoms with E-state index in [4.69, 9.17) is 0 Å². The molecule has 3 rings (SSSR count). The topological polar surface area (TPSA) is 63.5 Å². The largest absolute Gasteiger partial charge is 0.306 e. The lowest BCUT2D eigenvalue weighted by Gasteiger charge is -2.17. The van der Waals surface area contributed by atoms with Gasteiger partial charge in [0.05, 0.1) is 4.92 Å². The molecule has 0 N–H and O–H groups in total. The number of rotatable bonds is 4. The molecule has 0 bridgehead atoms. The lowest BCUT2D eigenvalue weighted by Crippen LogP contribution is -2.29. The molecule has 0 spiro atoms. The van der Waals surface area contributed by atoms with Crippen LogP contribution in [0.3, 0.4) is 0 Å². The van der Waals surface area contributed by atoms with Crippen LogP contribution < -0.4 is 4.90 Å². The molecular formula is C17H14BrFN2O3. The summed E-state index contributed by atoms with van der Waals surface area (Å²) >= 11 is 3.27. The molecule has 124 valence electrons. The van der Waals surface area contributed by atoms with E-state index < -0.39 is 4.92 Å². The Hall–Kier alpha value is -2.28. The molecule has 1 aliphatic rings. The Morgan fingerprint density at radius 1 is 1.29 bits per heavy atom. The highest BCUT2D eigenvalue weighted by Gasteiger charge is 2.32. The average Bonchev–Trinajstić information content (AvgIpc) is 2.96. The van der Waals surface area contributed by atoms with Gasteiger partial charge in [-0.25, -0.2) is 4.39 Å². The van der Waals surface area contributed by atoms with Crippen LogP contribution in [0.1, 0.15) is 17.5 Å². The van der Waals surface area contributed by atoms with E-state index in [2.05, 4.69) is 15.9 Å². The van der Waals surface area contributed by atoms with E-state index in [0.717, 1.165) is 11.1 Å². The predicted octanol–water partition coefficient (Wildman–Crippen LogP) is 4.02. The molecule has 0 aliphatic carbocycles. The van der Waals surface area contributed by atoms with Crippen molar-refractivity contribution in [1.29, 1.82) is 0 Å². The SMILES string of the molecule is O=C(CCc1ccc(F)cc1)N1CCc2cc(Br)cc([N+](=O)[O-])c21. The number of fused-ring (bicyclic) bond motifs is 1. The van der Waals surface area contributed by atoms with Gasteiger partial charge in [-0.05, 0) is 42.2 Å². The molecule has 0 saturated carbocycles. The maximum atomic E-state index is 12.9. The number of hydrogen-bond donors (Lipinski definition) is 0. The number of benzene rings is 2. The molecule has 0 unspecified atom stereocenters. The van der Waals surface area contributed by atoms with E-state index in [1.54, 1.807) is 12.1 Å². The van der Waals surface area contributed by atoms with Crippen LogP contribution in [0, 0.1) is 15.9 Å². The normalized spacial score (nSPS) is 13.0. The first-order chi connectivity index (χ1) is 11.5. The van der Waals surface area contributed by atoms with Crippen LogP contribution in [0.4, 0.5) is 15.8 Å². The highest BCUT2D eigenvalue weighted by molar-refractivity contribution is 9.10. The van der Waals surface area contributed by atoms with Gasteiger partial charge in [-0.3, -0.25) is 14.9 Å². The number of amides is 1. The average molecular weight is 393 g/mol. The number of nitro benzene ring substituents is 1. The minimum absolute atomic E-state index is 0.0630. The van der Waals surface area contributed by atoms with E-state index in [-0.39, 0.29) is 23.8 Å². The summed E-state index contributed by atoms with van der Waals surface area (Å²) in [5, 5.41) is 11.3. The molecule has 0 radical (unpaired) electrons. The summed E-state index contributed by atoms with van der Waals surface area (Å²) in [6.45, 7) is 0.439. The van der Waals surface area contributed by atoms with Crippen molar-refractivity contribution in [2.75, 3.05) is 11.4 Å². The summed E-state index contributed by atoms with van der Waals surface area (Å²) in [5.74, 6) is -0.483. The third-order valence-electron chi connectivity index (χ3n) is 4.05. The Morgan fingerprint density at radius 3 is 2.67 bits per heavy atom. The molecule has 7 heteroatoms. The first-order valence-corrected chi connectivity index (χ1v) is 8.26. The van der Waals surface area contributed by atoms with Gasteiger partial charge in [0.1, 0.15) is 11.5 Å². The van der Waals surface area contributed by atoms with Crippen LogP contribution in [0.2, 0.25) is 0 Å². The second-order valence-electron chi connectivity index (χ2n) is 5.61. The van der Waals surface area contributed by atoms with Crippen molar-refractivity contribution < 1.29 is 14.1 Å². The first kappa shape index (κ1) is 16.6. The third-order valence-corrected chi connectivity index (χ3v) is 4.50. The molecule has 2 aromatic carbocycles. The molecule has 1 heterocycles. The van der Waals surface area contributed by atoms with Gasteiger partial charge in [0.15, 0.2) is 0 Å². The fraction of sp³-hybridized carbons (Fsp3) is 0.235. The number of nitrogens with zero attached hydrogens (tertiary/aromatic N) is 2. The Morgan fingerprint density at radius 2 is 2.00 bits per heavy atom. The number of carbonyl (C=O) groups excluding carboxylic acids is 1. The second kappa shape index (κ2) is 6.68. The number of halogens is 2. The molecular weight excluding hydrogens is 379 g/mol. The van der Waals surface area contributed by atoms with Gasteiger partial charge in [-0.1, -0.05) is 28.1 Å².